The summed E-state index contributed by atoms with van der Waals surface area (Å²) in [5, 5.41) is 6.16. The van der Waals surface area contributed by atoms with E-state index >= 15 is 0 Å². The molecule has 3 rings (SSSR count). The van der Waals surface area contributed by atoms with Crippen LogP contribution in [0.25, 0.3) is 10.8 Å². The minimum absolute atomic E-state index is 0.299. The van der Waals surface area contributed by atoms with Crippen molar-refractivity contribution in [3.05, 3.63) is 70.7 Å². The molecule has 28 heavy (non-hydrogen) atoms. The highest BCUT2D eigenvalue weighted by Crippen LogP contribution is 2.33. The topological polar surface area (TPSA) is 59.9 Å². The number of ether oxygens (including phenoxy) is 2. The van der Waals surface area contributed by atoms with Crippen molar-refractivity contribution in [1.29, 1.82) is 0 Å². The molecule has 1 amide bonds. The van der Waals surface area contributed by atoms with Gasteiger partial charge in [-0.1, -0.05) is 37.3 Å². The highest BCUT2D eigenvalue weighted by molar-refractivity contribution is 9.10. The summed E-state index contributed by atoms with van der Waals surface area (Å²) in [4.78, 5) is 12.5. The third-order valence-corrected chi connectivity index (χ3v) is 5.08. The molecule has 1 unspecified atom stereocenters. The van der Waals surface area contributed by atoms with Crippen molar-refractivity contribution in [3.8, 4) is 11.5 Å². The van der Waals surface area contributed by atoms with Gasteiger partial charge in [0, 0.05) is 0 Å². The summed E-state index contributed by atoms with van der Waals surface area (Å²) >= 11 is 3.59. The molecule has 3 aromatic rings. The van der Waals surface area contributed by atoms with Crippen LogP contribution in [0.5, 0.6) is 11.5 Å². The SMILES string of the molecule is CCC(Oc1ccc2ccccc2c1Br)C(=O)NN=Cc1ccc(OC)cc1. The van der Waals surface area contributed by atoms with E-state index in [9.17, 15) is 4.79 Å². The van der Waals surface area contributed by atoms with Gasteiger partial charge in [0.05, 0.1) is 17.8 Å². The van der Waals surface area contributed by atoms with Crippen LogP contribution in [-0.4, -0.2) is 25.3 Å². The number of halogens is 1. The van der Waals surface area contributed by atoms with Crippen molar-refractivity contribution in [3.63, 3.8) is 0 Å². The number of methoxy groups -OCH3 is 1. The van der Waals surface area contributed by atoms with Gasteiger partial charge in [-0.3, -0.25) is 4.79 Å². The van der Waals surface area contributed by atoms with Gasteiger partial charge in [-0.2, -0.15) is 5.10 Å². The van der Waals surface area contributed by atoms with Crippen molar-refractivity contribution in [2.75, 3.05) is 7.11 Å². The zero-order valence-corrected chi connectivity index (χ0v) is 17.3. The van der Waals surface area contributed by atoms with Crippen LogP contribution >= 0.6 is 15.9 Å². The van der Waals surface area contributed by atoms with E-state index in [4.69, 9.17) is 9.47 Å². The Kier molecular flexibility index (Phi) is 6.66. The van der Waals surface area contributed by atoms with Crippen molar-refractivity contribution < 1.29 is 14.3 Å². The fourth-order valence-electron chi connectivity index (χ4n) is 2.71. The number of rotatable bonds is 7. The van der Waals surface area contributed by atoms with E-state index in [1.807, 2.05) is 67.6 Å². The highest BCUT2D eigenvalue weighted by atomic mass is 79.9. The Labute approximate surface area is 172 Å². The van der Waals surface area contributed by atoms with Gasteiger partial charge in [0.2, 0.25) is 0 Å². The van der Waals surface area contributed by atoms with Gasteiger partial charge in [0.25, 0.3) is 5.91 Å². The summed E-state index contributed by atoms with van der Waals surface area (Å²) in [5.74, 6) is 1.09. The van der Waals surface area contributed by atoms with E-state index in [0.29, 0.717) is 12.2 Å². The number of benzene rings is 3. The summed E-state index contributed by atoms with van der Waals surface area (Å²) in [5.41, 5.74) is 3.40. The maximum atomic E-state index is 12.5. The molecule has 144 valence electrons. The zero-order valence-electron chi connectivity index (χ0n) is 15.7. The zero-order chi connectivity index (χ0) is 19.9. The lowest BCUT2D eigenvalue weighted by molar-refractivity contribution is -0.128. The van der Waals surface area contributed by atoms with Crippen LogP contribution in [0, 0.1) is 0 Å². The molecule has 0 bridgehead atoms. The monoisotopic (exact) mass is 440 g/mol. The lowest BCUT2D eigenvalue weighted by atomic mass is 10.1. The molecule has 0 fully saturated rings. The molecule has 1 atom stereocenters. The number of hydrazone groups is 1. The molecule has 0 radical (unpaired) electrons. The van der Waals surface area contributed by atoms with Crippen LogP contribution in [0.4, 0.5) is 0 Å². The third kappa shape index (κ3) is 4.70. The Balaban J connectivity index is 1.66. The lowest BCUT2D eigenvalue weighted by Gasteiger charge is -2.17. The molecule has 5 nitrogen and oxygen atoms in total. The molecule has 0 saturated carbocycles. The standard InChI is InChI=1S/C22H21BrN2O3/c1-3-19(22(26)25-24-14-15-8-11-17(27-2)12-9-15)28-20-13-10-16-6-4-5-7-18(16)21(20)23/h4-14,19H,3H2,1-2H3,(H,25,26). The van der Waals surface area contributed by atoms with E-state index in [0.717, 1.165) is 26.6 Å². The molecule has 0 saturated heterocycles. The average molecular weight is 441 g/mol. The number of amides is 1. The number of hydrogen-bond donors (Lipinski definition) is 1. The lowest BCUT2D eigenvalue weighted by Crippen LogP contribution is -2.35. The first kappa shape index (κ1) is 19.9. The van der Waals surface area contributed by atoms with Gasteiger partial charge in [0.15, 0.2) is 6.10 Å². The molecule has 1 N–H and O–H groups in total. The van der Waals surface area contributed by atoms with Gasteiger partial charge in [-0.15, -0.1) is 0 Å². The van der Waals surface area contributed by atoms with E-state index in [-0.39, 0.29) is 5.91 Å². The molecule has 6 heteroatoms. The Bertz CT molecular complexity index is 987. The van der Waals surface area contributed by atoms with E-state index in [1.165, 1.54) is 0 Å². The highest BCUT2D eigenvalue weighted by Gasteiger charge is 2.19. The maximum absolute atomic E-state index is 12.5. The Morgan fingerprint density at radius 1 is 1.14 bits per heavy atom. The summed E-state index contributed by atoms with van der Waals surface area (Å²) in [6.07, 6.45) is 1.45. The number of nitrogens with zero attached hydrogens (tertiary/aromatic N) is 1. The Morgan fingerprint density at radius 3 is 2.61 bits per heavy atom. The van der Waals surface area contributed by atoms with Gasteiger partial charge in [-0.05, 0) is 69.0 Å². The first-order valence-electron chi connectivity index (χ1n) is 8.93. The van der Waals surface area contributed by atoms with Gasteiger partial charge in [0.1, 0.15) is 11.5 Å². The second-order valence-electron chi connectivity index (χ2n) is 6.12. The summed E-state index contributed by atoms with van der Waals surface area (Å²) < 4.78 is 11.9. The van der Waals surface area contributed by atoms with Crippen molar-refractivity contribution in [2.24, 2.45) is 5.10 Å². The van der Waals surface area contributed by atoms with Crippen LogP contribution in [-0.2, 0) is 4.79 Å². The van der Waals surface area contributed by atoms with E-state index in [1.54, 1.807) is 13.3 Å². The first-order valence-corrected chi connectivity index (χ1v) is 9.72. The van der Waals surface area contributed by atoms with Crippen LogP contribution in [0.1, 0.15) is 18.9 Å². The normalized spacial score (nSPS) is 12.1. The van der Waals surface area contributed by atoms with Gasteiger partial charge in [-0.25, -0.2) is 5.43 Å². The molecule has 0 aliphatic rings. The predicted octanol–water partition coefficient (Wildman–Crippen LogP) is 4.92. The van der Waals surface area contributed by atoms with Crippen molar-refractivity contribution >= 4 is 38.8 Å². The van der Waals surface area contributed by atoms with E-state index in [2.05, 4.69) is 26.5 Å². The van der Waals surface area contributed by atoms with Gasteiger partial charge >= 0.3 is 0 Å². The average Bonchev–Trinajstić information content (AvgIpc) is 2.74. The number of hydrogen-bond acceptors (Lipinski definition) is 4. The molecular formula is C22H21BrN2O3. The number of carbonyl (C=O) groups excluding carboxylic acids is 1. The molecule has 3 aromatic carbocycles. The number of fused-ring (bicyclic) bond motifs is 1. The molecule has 0 aliphatic carbocycles. The minimum atomic E-state index is -0.648. The van der Waals surface area contributed by atoms with Crippen LogP contribution in [0.3, 0.4) is 0 Å². The molecule has 0 heterocycles. The van der Waals surface area contributed by atoms with Crippen LogP contribution < -0.4 is 14.9 Å². The number of carbonyl (C=O) groups is 1. The first-order chi connectivity index (χ1) is 13.6. The summed E-state index contributed by atoms with van der Waals surface area (Å²) in [6, 6.07) is 19.2. The minimum Gasteiger partial charge on any atom is -0.497 e. The fraction of sp³-hybridized carbons (Fsp3) is 0.182. The molecule has 0 aromatic heterocycles. The third-order valence-electron chi connectivity index (χ3n) is 4.26. The summed E-state index contributed by atoms with van der Waals surface area (Å²) in [7, 11) is 1.61. The van der Waals surface area contributed by atoms with Gasteiger partial charge < -0.3 is 9.47 Å². The Hall–Kier alpha value is -2.86. The van der Waals surface area contributed by atoms with Crippen LogP contribution in [0.2, 0.25) is 0 Å². The second kappa shape index (κ2) is 9.37. The predicted molar refractivity (Wildman–Crippen MR) is 115 cm³/mol. The maximum Gasteiger partial charge on any atom is 0.281 e. The van der Waals surface area contributed by atoms with Crippen molar-refractivity contribution in [1.82, 2.24) is 5.43 Å². The molecule has 0 spiro atoms. The van der Waals surface area contributed by atoms with E-state index < -0.39 is 6.10 Å². The smallest absolute Gasteiger partial charge is 0.281 e. The quantitative estimate of drug-likeness (QED) is 0.418. The Morgan fingerprint density at radius 2 is 1.89 bits per heavy atom. The fourth-order valence-corrected chi connectivity index (χ4v) is 3.30. The number of nitrogens with one attached hydrogen (secondary N) is 1. The second-order valence-corrected chi connectivity index (χ2v) is 6.91. The summed E-state index contributed by atoms with van der Waals surface area (Å²) in [6.45, 7) is 1.90. The molecular weight excluding hydrogens is 420 g/mol. The van der Waals surface area contributed by atoms with Crippen LogP contribution in [0.15, 0.2) is 70.2 Å². The largest absolute Gasteiger partial charge is 0.497 e. The van der Waals surface area contributed by atoms with Crippen molar-refractivity contribution in [2.45, 2.75) is 19.4 Å². The molecule has 0 aliphatic heterocycles.